The average molecular weight is 489 g/mol. The van der Waals surface area contributed by atoms with Crippen molar-refractivity contribution >= 4 is 17.5 Å². The predicted molar refractivity (Wildman–Crippen MR) is 125 cm³/mol. The van der Waals surface area contributed by atoms with Crippen molar-refractivity contribution in [3.63, 3.8) is 0 Å². The molecule has 186 valence electrons. The van der Waals surface area contributed by atoms with Crippen molar-refractivity contribution in [1.82, 2.24) is 4.90 Å². The van der Waals surface area contributed by atoms with Crippen LogP contribution in [-0.4, -0.2) is 50.9 Å². The fourth-order valence-corrected chi connectivity index (χ4v) is 5.86. The third kappa shape index (κ3) is 3.86. The molecule has 1 saturated heterocycles. The number of alkyl halides is 3. The van der Waals surface area contributed by atoms with Gasteiger partial charge in [-0.05, 0) is 61.6 Å². The Hall–Kier alpha value is -3.07. The van der Waals surface area contributed by atoms with E-state index in [0.717, 1.165) is 58.3 Å². The van der Waals surface area contributed by atoms with Crippen LogP contribution in [0.2, 0.25) is 0 Å². The summed E-state index contributed by atoms with van der Waals surface area (Å²) in [7, 11) is 1.64. The lowest BCUT2D eigenvalue weighted by Crippen LogP contribution is -2.41. The van der Waals surface area contributed by atoms with Gasteiger partial charge in [0.25, 0.3) is 0 Å². The number of fused-ring (bicyclic) bond motifs is 5. The summed E-state index contributed by atoms with van der Waals surface area (Å²) in [6.07, 6.45) is -1.70. The van der Waals surface area contributed by atoms with E-state index in [0.29, 0.717) is 25.9 Å². The number of anilines is 1. The monoisotopic (exact) mass is 488 g/mol. The zero-order valence-electron chi connectivity index (χ0n) is 19.7. The Labute approximate surface area is 201 Å². The lowest BCUT2D eigenvalue weighted by Gasteiger charge is -2.44. The highest BCUT2D eigenvalue weighted by molar-refractivity contribution is 5.89. The minimum atomic E-state index is -4.60. The number of piperidine rings is 1. The maximum atomic E-state index is 12.7. The fraction of sp³-hybridized carbons (Fsp3) is 0.462. The molecule has 6 rings (SSSR count). The first-order valence-corrected chi connectivity index (χ1v) is 11.9. The van der Waals surface area contributed by atoms with Gasteiger partial charge >= 0.3 is 6.36 Å². The van der Waals surface area contributed by atoms with Crippen molar-refractivity contribution < 1.29 is 32.1 Å². The normalized spacial score (nSPS) is 21.3. The van der Waals surface area contributed by atoms with Crippen molar-refractivity contribution in [3.8, 4) is 17.2 Å². The van der Waals surface area contributed by atoms with Gasteiger partial charge in [-0.25, -0.2) is 0 Å². The van der Waals surface area contributed by atoms with Gasteiger partial charge < -0.3 is 24.0 Å². The molecule has 0 bridgehead atoms. The van der Waals surface area contributed by atoms with Crippen molar-refractivity contribution in [2.24, 2.45) is 0 Å². The Morgan fingerprint density at radius 2 is 1.77 bits per heavy atom. The number of hydrogen-bond donors (Lipinski definition) is 0. The highest BCUT2D eigenvalue weighted by Gasteiger charge is 2.38. The molecule has 2 aromatic carbocycles. The molecule has 2 aromatic rings. The molecule has 9 heteroatoms. The van der Waals surface area contributed by atoms with Gasteiger partial charge in [-0.3, -0.25) is 4.74 Å². The van der Waals surface area contributed by atoms with Gasteiger partial charge in [-0.2, -0.15) is 0 Å². The molecule has 0 saturated carbocycles. The van der Waals surface area contributed by atoms with Gasteiger partial charge in [-0.1, -0.05) is 6.07 Å². The zero-order valence-corrected chi connectivity index (χ0v) is 19.7. The molecular weight excluding hydrogens is 461 g/mol. The highest BCUT2D eigenvalue weighted by atomic mass is 19.4. The fourth-order valence-electron chi connectivity index (χ4n) is 5.86. The van der Waals surface area contributed by atoms with Crippen molar-refractivity contribution in [2.75, 3.05) is 38.4 Å². The summed E-state index contributed by atoms with van der Waals surface area (Å²) in [5.74, 6) is 2.31. The molecular formula is C26H27F3N2O4. The smallest absolute Gasteiger partial charge is 0.495 e. The van der Waals surface area contributed by atoms with Crippen molar-refractivity contribution in [3.05, 3.63) is 46.5 Å². The number of methoxy groups -OCH3 is 1. The Bertz CT molecular complexity index is 1190. The van der Waals surface area contributed by atoms with Crippen molar-refractivity contribution in [2.45, 2.75) is 44.7 Å². The average Bonchev–Trinajstić information content (AvgIpc) is 3.29. The van der Waals surface area contributed by atoms with E-state index >= 15 is 0 Å². The number of nitrogens with zero attached hydrogens (tertiary/aromatic N) is 2. The SMILES string of the molecule is COc1ccc2c(c1N1CCC(OC(F)(F)F)CC1)[C@@H](C)N1CCc3cc4c(cc3C1=C2)OCO4. The molecule has 4 heterocycles. The Kier molecular flexibility index (Phi) is 5.28. The van der Waals surface area contributed by atoms with E-state index in [2.05, 4.69) is 45.7 Å². The van der Waals surface area contributed by atoms with Crippen LogP contribution in [0.5, 0.6) is 17.2 Å². The second-order valence-corrected chi connectivity index (χ2v) is 9.38. The van der Waals surface area contributed by atoms with E-state index < -0.39 is 12.5 Å². The molecule has 0 unspecified atom stereocenters. The molecule has 0 aliphatic carbocycles. The van der Waals surface area contributed by atoms with Gasteiger partial charge in [0.15, 0.2) is 11.5 Å². The number of benzene rings is 2. The first-order valence-electron chi connectivity index (χ1n) is 11.9. The Balaban J connectivity index is 1.37. The predicted octanol–water partition coefficient (Wildman–Crippen LogP) is 5.36. The maximum absolute atomic E-state index is 12.7. The summed E-state index contributed by atoms with van der Waals surface area (Å²) in [6.45, 7) is 4.24. The topological polar surface area (TPSA) is 43.4 Å². The minimum absolute atomic E-state index is 0.0674. The van der Waals surface area contributed by atoms with Crippen LogP contribution >= 0.6 is 0 Å². The molecule has 0 amide bonds. The summed E-state index contributed by atoms with van der Waals surface area (Å²) in [6, 6.07) is 8.25. The van der Waals surface area contributed by atoms with E-state index in [1.807, 2.05) is 6.07 Å². The van der Waals surface area contributed by atoms with E-state index in [9.17, 15) is 13.2 Å². The van der Waals surface area contributed by atoms with E-state index in [1.165, 1.54) is 5.56 Å². The molecule has 1 atom stereocenters. The van der Waals surface area contributed by atoms with Crippen LogP contribution in [0.4, 0.5) is 18.9 Å². The van der Waals surface area contributed by atoms with Crippen molar-refractivity contribution in [1.29, 1.82) is 0 Å². The van der Waals surface area contributed by atoms with Crippen LogP contribution in [-0.2, 0) is 11.2 Å². The third-order valence-electron chi connectivity index (χ3n) is 7.48. The van der Waals surface area contributed by atoms with Gasteiger partial charge in [0, 0.05) is 36.5 Å². The number of halogens is 3. The van der Waals surface area contributed by atoms with Crippen LogP contribution in [0.1, 0.15) is 48.1 Å². The lowest BCUT2D eigenvalue weighted by atomic mass is 9.85. The molecule has 0 aromatic heterocycles. The van der Waals surface area contributed by atoms with E-state index in [-0.39, 0.29) is 12.8 Å². The first-order chi connectivity index (χ1) is 16.8. The van der Waals surface area contributed by atoms with E-state index in [1.54, 1.807) is 7.11 Å². The summed E-state index contributed by atoms with van der Waals surface area (Å²) in [4.78, 5) is 4.55. The highest BCUT2D eigenvalue weighted by Crippen LogP contribution is 2.50. The van der Waals surface area contributed by atoms with Crippen LogP contribution in [0, 0.1) is 0 Å². The van der Waals surface area contributed by atoms with Gasteiger partial charge in [-0.15, -0.1) is 13.2 Å². The third-order valence-corrected chi connectivity index (χ3v) is 7.48. The molecule has 0 spiro atoms. The summed E-state index contributed by atoms with van der Waals surface area (Å²) in [5, 5.41) is 0. The second-order valence-electron chi connectivity index (χ2n) is 9.38. The summed E-state index contributed by atoms with van der Waals surface area (Å²) >= 11 is 0. The lowest BCUT2D eigenvalue weighted by molar-refractivity contribution is -0.344. The molecule has 6 nitrogen and oxygen atoms in total. The minimum Gasteiger partial charge on any atom is -0.495 e. The van der Waals surface area contributed by atoms with Crippen LogP contribution in [0.3, 0.4) is 0 Å². The molecule has 4 aliphatic heterocycles. The van der Waals surface area contributed by atoms with E-state index in [4.69, 9.17) is 14.2 Å². The largest absolute Gasteiger partial charge is 0.522 e. The van der Waals surface area contributed by atoms with Gasteiger partial charge in [0.1, 0.15) is 5.75 Å². The Morgan fingerprint density at radius 3 is 2.49 bits per heavy atom. The Morgan fingerprint density at radius 1 is 1.03 bits per heavy atom. The zero-order chi connectivity index (χ0) is 24.3. The first kappa shape index (κ1) is 22.4. The number of hydrogen-bond acceptors (Lipinski definition) is 6. The van der Waals surface area contributed by atoms with Crippen LogP contribution < -0.4 is 19.1 Å². The number of rotatable bonds is 3. The van der Waals surface area contributed by atoms with Gasteiger partial charge in [0.2, 0.25) is 6.79 Å². The molecule has 35 heavy (non-hydrogen) atoms. The second kappa shape index (κ2) is 8.26. The number of ether oxygens (including phenoxy) is 4. The summed E-state index contributed by atoms with van der Waals surface area (Å²) in [5.41, 5.74) is 6.76. The quantitative estimate of drug-likeness (QED) is 0.580. The molecule has 0 N–H and O–H groups in total. The molecule has 1 fully saturated rings. The van der Waals surface area contributed by atoms with Crippen LogP contribution in [0.25, 0.3) is 11.8 Å². The molecule has 4 aliphatic rings. The maximum Gasteiger partial charge on any atom is 0.522 e. The molecule has 0 radical (unpaired) electrons. The standard InChI is InChI=1S/C26H27F3N2O4/c1-15-24-17(11-20-19-13-23-22(33-14-34-23)12-16(19)5-10-31(15)20)3-4-21(32-2)25(24)30-8-6-18(7-9-30)35-26(27,28)29/h3-4,11-13,15,18H,5-10,14H2,1-2H3/t15-/m1/s1. The van der Waals surface area contributed by atoms with Crippen LogP contribution in [0.15, 0.2) is 24.3 Å². The van der Waals surface area contributed by atoms with Gasteiger partial charge in [0.05, 0.1) is 24.9 Å². The summed E-state index contributed by atoms with van der Waals surface area (Å²) < 4.78 is 59.4.